The van der Waals surface area contributed by atoms with Crippen molar-refractivity contribution in [1.82, 2.24) is 15.2 Å². The van der Waals surface area contributed by atoms with Gasteiger partial charge in [0.05, 0.1) is 0 Å². The van der Waals surface area contributed by atoms with Gasteiger partial charge in [0.2, 0.25) is 0 Å². The van der Waals surface area contributed by atoms with Crippen molar-refractivity contribution >= 4 is 16.6 Å². The highest BCUT2D eigenvalue weighted by molar-refractivity contribution is 5.87. The Hall–Kier alpha value is -2.37. The number of likely N-dealkylation sites (tertiary alicyclic amines) is 1. The van der Waals surface area contributed by atoms with Gasteiger partial charge in [-0.15, -0.1) is 0 Å². The summed E-state index contributed by atoms with van der Waals surface area (Å²) in [6.45, 7) is 6.74. The molecule has 2 N–H and O–H groups in total. The number of nitrogens with zero attached hydrogens (tertiary/aromatic N) is 2. The molecule has 5 rings (SSSR count). The van der Waals surface area contributed by atoms with Gasteiger partial charge in [-0.2, -0.15) is 0 Å². The van der Waals surface area contributed by atoms with Gasteiger partial charge in [-0.1, -0.05) is 6.07 Å². The lowest BCUT2D eigenvalue weighted by molar-refractivity contribution is 0.217. The van der Waals surface area contributed by atoms with Crippen molar-refractivity contribution in [3.05, 3.63) is 53.8 Å². The van der Waals surface area contributed by atoms with Crippen LogP contribution in [0.5, 0.6) is 0 Å². The first-order chi connectivity index (χ1) is 15.0. The Labute approximate surface area is 184 Å². The maximum absolute atomic E-state index is 13.6. The predicted molar refractivity (Wildman–Crippen MR) is 127 cm³/mol. The molecule has 0 saturated carbocycles. The molecule has 4 nitrogen and oxygen atoms in total. The molecule has 0 unspecified atom stereocenters. The van der Waals surface area contributed by atoms with Gasteiger partial charge in [0.25, 0.3) is 0 Å². The van der Waals surface area contributed by atoms with E-state index in [0.717, 1.165) is 29.7 Å². The third-order valence-corrected chi connectivity index (χ3v) is 7.14. The molecule has 164 valence electrons. The van der Waals surface area contributed by atoms with Crippen LogP contribution in [0.3, 0.4) is 0 Å². The molecule has 1 aromatic heterocycles. The summed E-state index contributed by atoms with van der Waals surface area (Å²) in [6.07, 6.45) is 4.93. The van der Waals surface area contributed by atoms with Crippen LogP contribution >= 0.6 is 0 Å². The van der Waals surface area contributed by atoms with E-state index in [4.69, 9.17) is 0 Å². The summed E-state index contributed by atoms with van der Waals surface area (Å²) >= 11 is 0. The van der Waals surface area contributed by atoms with Gasteiger partial charge in [0, 0.05) is 53.0 Å². The first kappa shape index (κ1) is 20.5. The first-order valence-electron chi connectivity index (χ1n) is 11.6. The van der Waals surface area contributed by atoms with E-state index in [-0.39, 0.29) is 5.82 Å². The standard InChI is InChI=1S/C26H33FN4/c1-18-3-5-23(17-24(18)26-16-19-15-20(27)4-6-25(19)29-26)31-13-9-22(10-14-31)28-21-7-11-30(2)12-8-21/h3-6,15-17,21-22,28-29H,7-14H2,1-2H3. The third-order valence-electron chi connectivity index (χ3n) is 7.14. The van der Waals surface area contributed by atoms with Gasteiger partial charge in [0.15, 0.2) is 0 Å². The van der Waals surface area contributed by atoms with Crippen molar-refractivity contribution in [2.24, 2.45) is 0 Å². The van der Waals surface area contributed by atoms with Gasteiger partial charge in [0.1, 0.15) is 5.82 Å². The van der Waals surface area contributed by atoms with Crippen molar-refractivity contribution < 1.29 is 4.39 Å². The molecule has 2 saturated heterocycles. The number of H-pyrrole nitrogens is 1. The molecule has 3 heterocycles. The fourth-order valence-corrected chi connectivity index (χ4v) is 5.16. The van der Waals surface area contributed by atoms with Crippen LogP contribution in [0.15, 0.2) is 42.5 Å². The van der Waals surface area contributed by atoms with E-state index in [1.54, 1.807) is 6.07 Å². The Morgan fingerprint density at radius 3 is 2.35 bits per heavy atom. The molecular formula is C26H33FN4. The van der Waals surface area contributed by atoms with Gasteiger partial charge in [-0.05, 0) is 94.7 Å². The minimum absolute atomic E-state index is 0.194. The van der Waals surface area contributed by atoms with Crippen LogP contribution in [-0.2, 0) is 0 Å². The van der Waals surface area contributed by atoms with Crippen molar-refractivity contribution in [3.8, 4) is 11.3 Å². The lowest BCUT2D eigenvalue weighted by atomic mass is 9.98. The lowest BCUT2D eigenvalue weighted by Crippen LogP contribution is -2.49. The van der Waals surface area contributed by atoms with E-state index < -0.39 is 0 Å². The number of piperidine rings is 2. The number of rotatable bonds is 4. The van der Waals surface area contributed by atoms with Crippen LogP contribution in [0, 0.1) is 12.7 Å². The third kappa shape index (κ3) is 4.48. The van der Waals surface area contributed by atoms with Gasteiger partial charge < -0.3 is 20.1 Å². The minimum Gasteiger partial charge on any atom is -0.371 e. The molecule has 2 aliphatic rings. The summed E-state index contributed by atoms with van der Waals surface area (Å²) in [5.74, 6) is -0.194. The zero-order chi connectivity index (χ0) is 21.4. The van der Waals surface area contributed by atoms with E-state index in [0.29, 0.717) is 12.1 Å². The molecule has 0 atom stereocenters. The Morgan fingerprint density at radius 1 is 0.903 bits per heavy atom. The van der Waals surface area contributed by atoms with Crippen molar-refractivity contribution in [2.45, 2.75) is 44.7 Å². The largest absolute Gasteiger partial charge is 0.371 e. The Kier molecular flexibility index (Phi) is 5.72. The Morgan fingerprint density at radius 2 is 1.61 bits per heavy atom. The Balaban J connectivity index is 1.27. The summed E-state index contributed by atoms with van der Waals surface area (Å²) in [5.41, 5.74) is 5.74. The molecule has 31 heavy (non-hydrogen) atoms. The summed E-state index contributed by atoms with van der Waals surface area (Å²) < 4.78 is 13.6. The SMILES string of the molecule is Cc1ccc(N2CCC(NC3CCN(C)CC3)CC2)cc1-c1cc2cc(F)ccc2[nH]1. The highest BCUT2D eigenvalue weighted by Gasteiger charge is 2.24. The zero-order valence-electron chi connectivity index (χ0n) is 18.6. The van der Waals surface area contributed by atoms with Crippen molar-refractivity contribution in [1.29, 1.82) is 0 Å². The van der Waals surface area contributed by atoms with Crippen LogP contribution in [0.2, 0.25) is 0 Å². The van der Waals surface area contributed by atoms with E-state index in [9.17, 15) is 4.39 Å². The number of aromatic nitrogens is 1. The maximum Gasteiger partial charge on any atom is 0.123 e. The van der Waals surface area contributed by atoms with Crippen LogP contribution in [0.1, 0.15) is 31.2 Å². The van der Waals surface area contributed by atoms with E-state index in [1.165, 1.54) is 61.7 Å². The molecule has 3 aromatic rings. The molecule has 5 heteroatoms. The minimum atomic E-state index is -0.194. The Bertz CT molecular complexity index is 1040. The molecule has 0 aliphatic carbocycles. The molecule has 0 radical (unpaired) electrons. The monoisotopic (exact) mass is 420 g/mol. The smallest absolute Gasteiger partial charge is 0.123 e. The fraction of sp³-hybridized carbons (Fsp3) is 0.462. The topological polar surface area (TPSA) is 34.3 Å². The summed E-state index contributed by atoms with van der Waals surface area (Å²) in [5, 5.41) is 4.84. The van der Waals surface area contributed by atoms with Crippen LogP contribution in [0.4, 0.5) is 10.1 Å². The molecule has 2 aromatic carbocycles. The second kappa shape index (κ2) is 8.64. The highest BCUT2D eigenvalue weighted by Crippen LogP contribution is 2.31. The average Bonchev–Trinajstić information content (AvgIpc) is 3.19. The van der Waals surface area contributed by atoms with Crippen LogP contribution in [-0.4, -0.2) is 55.2 Å². The van der Waals surface area contributed by atoms with Gasteiger partial charge >= 0.3 is 0 Å². The number of halogens is 1. The van der Waals surface area contributed by atoms with Gasteiger partial charge in [-0.3, -0.25) is 0 Å². The fourth-order valence-electron chi connectivity index (χ4n) is 5.16. The number of hydrogen-bond donors (Lipinski definition) is 2. The number of aryl methyl sites for hydroxylation is 1. The quantitative estimate of drug-likeness (QED) is 0.628. The first-order valence-corrected chi connectivity index (χ1v) is 11.6. The van der Waals surface area contributed by atoms with E-state index in [2.05, 4.69) is 58.3 Å². The molecule has 0 spiro atoms. The summed E-state index contributed by atoms with van der Waals surface area (Å²) in [7, 11) is 2.22. The normalized spacial score (nSPS) is 19.4. The lowest BCUT2D eigenvalue weighted by Gasteiger charge is -2.38. The second-order valence-corrected chi connectivity index (χ2v) is 9.42. The van der Waals surface area contributed by atoms with Gasteiger partial charge in [-0.25, -0.2) is 4.39 Å². The highest BCUT2D eigenvalue weighted by atomic mass is 19.1. The molecule has 2 aliphatic heterocycles. The average molecular weight is 421 g/mol. The van der Waals surface area contributed by atoms with Crippen molar-refractivity contribution in [2.75, 3.05) is 38.1 Å². The number of aromatic amines is 1. The number of fused-ring (bicyclic) bond motifs is 1. The number of anilines is 1. The molecule has 2 fully saturated rings. The van der Waals surface area contributed by atoms with Crippen molar-refractivity contribution in [3.63, 3.8) is 0 Å². The molecule has 0 bridgehead atoms. The molecular weight excluding hydrogens is 387 g/mol. The van der Waals surface area contributed by atoms with Crippen LogP contribution < -0.4 is 10.2 Å². The maximum atomic E-state index is 13.6. The zero-order valence-corrected chi connectivity index (χ0v) is 18.6. The number of hydrogen-bond acceptors (Lipinski definition) is 3. The predicted octanol–water partition coefficient (Wildman–Crippen LogP) is 4.94. The molecule has 0 amide bonds. The summed E-state index contributed by atoms with van der Waals surface area (Å²) in [6, 6.07) is 15.0. The number of benzene rings is 2. The summed E-state index contributed by atoms with van der Waals surface area (Å²) in [4.78, 5) is 8.41. The van der Waals surface area contributed by atoms with E-state index >= 15 is 0 Å². The second-order valence-electron chi connectivity index (χ2n) is 9.42. The van der Waals surface area contributed by atoms with Crippen LogP contribution in [0.25, 0.3) is 22.2 Å². The number of nitrogens with one attached hydrogen (secondary N) is 2. The van der Waals surface area contributed by atoms with E-state index in [1.807, 2.05) is 6.07 Å².